The Morgan fingerprint density at radius 1 is 1.17 bits per heavy atom. The van der Waals surface area contributed by atoms with Crippen LogP contribution in [0, 0.1) is 5.92 Å². The van der Waals surface area contributed by atoms with Gasteiger partial charge in [0.15, 0.2) is 5.82 Å². The van der Waals surface area contributed by atoms with Gasteiger partial charge in [0, 0.05) is 18.2 Å². The molecule has 0 saturated carbocycles. The van der Waals surface area contributed by atoms with E-state index in [4.69, 9.17) is 4.74 Å². The maximum Gasteiger partial charge on any atom is 0.416 e. The number of carbonyl (C=O) groups excluding carboxylic acids is 1. The standard InChI is InChI=1S/C21H21F3N4O2/c1-13(2)12-30-20-26-19(15-5-4-6-16(11-15)21(22,23)24)28(27-20)18-9-7-17(8-10-18)25-14(3)29/h4-11,13H,12H2,1-3H3,(H,25,29). The van der Waals surface area contributed by atoms with Crippen LogP contribution >= 0.6 is 0 Å². The summed E-state index contributed by atoms with van der Waals surface area (Å²) < 4.78 is 46.5. The van der Waals surface area contributed by atoms with E-state index in [1.165, 1.54) is 23.7 Å². The highest BCUT2D eigenvalue weighted by atomic mass is 19.4. The van der Waals surface area contributed by atoms with Crippen molar-refractivity contribution >= 4 is 11.6 Å². The number of alkyl halides is 3. The van der Waals surface area contributed by atoms with Crippen molar-refractivity contribution in [3.05, 3.63) is 54.1 Å². The summed E-state index contributed by atoms with van der Waals surface area (Å²) in [5.41, 5.74) is 0.620. The second-order valence-corrected chi connectivity index (χ2v) is 7.14. The summed E-state index contributed by atoms with van der Waals surface area (Å²) >= 11 is 0. The third-order valence-electron chi connectivity index (χ3n) is 4.01. The average molecular weight is 418 g/mol. The largest absolute Gasteiger partial charge is 0.462 e. The Bertz CT molecular complexity index is 1030. The molecule has 2 aromatic carbocycles. The van der Waals surface area contributed by atoms with Crippen LogP contribution in [-0.4, -0.2) is 27.3 Å². The van der Waals surface area contributed by atoms with E-state index in [0.717, 1.165) is 12.1 Å². The molecule has 9 heteroatoms. The Labute approximate surface area is 171 Å². The Kier molecular flexibility index (Phi) is 6.09. The average Bonchev–Trinajstić information content (AvgIpc) is 3.10. The zero-order valence-electron chi connectivity index (χ0n) is 16.7. The minimum atomic E-state index is -4.47. The van der Waals surface area contributed by atoms with Crippen LogP contribution in [0.5, 0.6) is 6.01 Å². The molecule has 0 aliphatic carbocycles. The first kappa shape index (κ1) is 21.4. The number of anilines is 1. The fourth-order valence-corrected chi connectivity index (χ4v) is 2.69. The number of hydrogen-bond acceptors (Lipinski definition) is 4. The topological polar surface area (TPSA) is 69.0 Å². The molecule has 3 rings (SSSR count). The predicted molar refractivity (Wildman–Crippen MR) is 106 cm³/mol. The maximum atomic E-state index is 13.2. The van der Waals surface area contributed by atoms with Gasteiger partial charge in [-0.05, 0) is 42.3 Å². The molecule has 0 saturated heterocycles. The molecule has 158 valence electrons. The lowest BCUT2D eigenvalue weighted by Crippen LogP contribution is -2.07. The summed E-state index contributed by atoms with van der Waals surface area (Å²) in [4.78, 5) is 15.5. The van der Waals surface area contributed by atoms with Gasteiger partial charge < -0.3 is 10.1 Å². The number of hydrogen-bond donors (Lipinski definition) is 1. The van der Waals surface area contributed by atoms with Gasteiger partial charge >= 0.3 is 12.2 Å². The molecule has 0 bridgehead atoms. The fraction of sp³-hybridized carbons (Fsp3) is 0.286. The van der Waals surface area contributed by atoms with Crippen LogP contribution in [0.25, 0.3) is 17.1 Å². The zero-order chi connectivity index (χ0) is 21.9. The van der Waals surface area contributed by atoms with Crippen LogP contribution in [-0.2, 0) is 11.0 Å². The Hall–Kier alpha value is -3.36. The molecular weight excluding hydrogens is 397 g/mol. The van der Waals surface area contributed by atoms with Gasteiger partial charge in [-0.2, -0.15) is 18.2 Å². The van der Waals surface area contributed by atoms with Crippen molar-refractivity contribution in [2.45, 2.75) is 26.9 Å². The van der Waals surface area contributed by atoms with Crippen molar-refractivity contribution in [2.75, 3.05) is 11.9 Å². The SMILES string of the molecule is CC(=O)Nc1ccc(-n2nc(OCC(C)C)nc2-c2cccc(C(F)(F)F)c2)cc1. The number of aromatic nitrogens is 3. The van der Waals surface area contributed by atoms with E-state index in [9.17, 15) is 18.0 Å². The van der Waals surface area contributed by atoms with E-state index in [2.05, 4.69) is 15.4 Å². The van der Waals surface area contributed by atoms with Crippen molar-refractivity contribution in [3.8, 4) is 23.1 Å². The summed E-state index contributed by atoms with van der Waals surface area (Å²) in [6, 6.07) is 11.7. The monoisotopic (exact) mass is 418 g/mol. The number of rotatable bonds is 6. The second-order valence-electron chi connectivity index (χ2n) is 7.14. The van der Waals surface area contributed by atoms with Crippen molar-refractivity contribution in [1.82, 2.24) is 14.8 Å². The van der Waals surface area contributed by atoms with Crippen LogP contribution in [0.4, 0.5) is 18.9 Å². The number of nitrogens with zero attached hydrogens (tertiary/aromatic N) is 3. The van der Waals surface area contributed by atoms with Crippen molar-refractivity contribution in [2.24, 2.45) is 5.92 Å². The summed E-state index contributed by atoms with van der Waals surface area (Å²) in [5.74, 6) is 0.232. The van der Waals surface area contributed by atoms with Gasteiger partial charge in [0.05, 0.1) is 17.9 Å². The third kappa shape index (κ3) is 5.16. The molecule has 0 aliphatic rings. The molecule has 0 radical (unpaired) electrons. The molecular formula is C21H21F3N4O2. The molecule has 0 unspecified atom stereocenters. The van der Waals surface area contributed by atoms with E-state index in [1.807, 2.05) is 13.8 Å². The van der Waals surface area contributed by atoms with Crippen LogP contribution in [0.1, 0.15) is 26.3 Å². The highest BCUT2D eigenvalue weighted by molar-refractivity contribution is 5.88. The summed E-state index contributed by atoms with van der Waals surface area (Å²) in [7, 11) is 0. The van der Waals surface area contributed by atoms with Gasteiger partial charge in [-0.3, -0.25) is 4.79 Å². The van der Waals surface area contributed by atoms with Crippen molar-refractivity contribution in [3.63, 3.8) is 0 Å². The Balaban J connectivity index is 2.04. The smallest absolute Gasteiger partial charge is 0.416 e. The molecule has 1 aromatic heterocycles. The highest BCUT2D eigenvalue weighted by Crippen LogP contribution is 2.33. The van der Waals surface area contributed by atoms with Gasteiger partial charge in [-0.1, -0.05) is 26.0 Å². The predicted octanol–water partition coefficient (Wildman–Crippen LogP) is 4.95. The van der Waals surface area contributed by atoms with Gasteiger partial charge in [-0.25, -0.2) is 4.68 Å². The lowest BCUT2D eigenvalue weighted by molar-refractivity contribution is -0.137. The van der Waals surface area contributed by atoms with Gasteiger partial charge in [0.2, 0.25) is 5.91 Å². The molecule has 0 spiro atoms. The fourth-order valence-electron chi connectivity index (χ4n) is 2.69. The molecule has 6 nitrogen and oxygen atoms in total. The van der Waals surface area contributed by atoms with Gasteiger partial charge in [0.25, 0.3) is 0 Å². The lowest BCUT2D eigenvalue weighted by Gasteiger charge is -2.10. The summed E-state index contributed by atoms with van der Waals surface area (Å²) in [6.07, 6.45) is -4.47. The molecule has 0 aliphatic heterocycles. The normalized spacial score (nSPS) is 11.6. The Morgan fingerprint density at radius 3 is 2.47 bits per heavy atom. The number of halogens is 3. The summed E-state index contributed by atoms with van der Waals surface area (Å²) in [5, 5.41) is 6.98. The first-order valence-electron chi connectivity index (χ1n) is 9.29. The molecule has 3 aromatic rings. The molecule has 1 heterocycles. The quantitative estimate of drug-likeness (QED) is 0.615. The zero-order valence-corrected chi connectivity index (χ0v) is 16.7. The van der Waals surface area contributed by atoms with Crippen LogP contribution in [0.3, 0.4) is 0 Å². The third-order valence-corrected chi connectivity index (χ3v) is 4.01. The molecule has 0 atom stereocenters. The van der Waals surface area contributed by atoms with E-state index in [0.29, 0.717) is 18.0 Å². The highest BCUT2D eigenvalue weighted by Gasteiger charge is 2.31. The lowest BCUT2D eigenvalue weighted by atomic mass is 10.1. The molecule has 30 heavy (non-hydrogen) atoms. The second kappa shape index (κ2) is 8.56. The van der Waals surface area contributed by atoms with E-state index >= 15 is 0 Å². The van der Waals surface area contributed by atoms with E-state index in [1.54, 1.807) is 24.3 Å². The maximum absolute atomic E-state index is 13.2. The number of benzene rings is 2. The van der Waals surface area contributed by atoms with Crippen molar-refractivity contribution < 1.29 is 22.7 Å². The molecule has 1 N–H and O–H groups in total. The molecule has 1 amide bonds. The number of nitrogens with one attached hydrogen (secondary N) is 1. The summed E-state index contributed by atoms with van der Waals surface area (Å²) in [6.45, 7) is 5.69. The first-order chi connectivity index (χ1) is 14.1. The number of ether oxygens (including phenoxy) is 1. The number of amides is 1. The van der Waals surface area contributed by atoms with Crippen molar-refractivity contribution in [1.29, 1.82) is 0 Å². The first-order valence-corrected chi connectivity index (χ1v) is 9.29. The minimum absolute atomic E-state index is 0.0713. The van der Waals surface area contributed by atoms with Crippen LogP contribution in [0.2, 0.25) is 0 Å². The van der Waals surface area contributed by atoms with Gasteiger partial charge in [0.1, 0.15) is 0 Å². The van der Waals surface area contributed by atoms with Crippen LogP contribution < -0.4 is 10.1 Å². The molecule has 0 fully saturated rings. The Morgan fingerprint density at radius 2 is 1.87 bits per heavy atom. The number of carbonyl (C=O) groups is 1. The van der Waals surface area contributed by atoms with E-state index < -0.39 is 11.7 Å². The van der Waals surface area contributed by atoms with Gasteiger partial charge in [-0.15, -0.1) is 5.10 Å². The minimum Gasteiger partial charge on any atom is -0.462 e. The van der Waals surface area contributed by atoms with Crippen LogP contribution in [0.15, 0.2) is 48.5 Å². The van der Waals surface area contributed by atoms with E-state index in [-0.39, 0.29) is 29.2 Å².